The molecule has 0 aliphatic heterocycles. The molecule has 4 nitrogen and oxygen atoms in total. The van der Waals surface area contributed by atoms with Crippen molar-refractivity contribution >= 4 is 23.6 Å². The fourth-order valence-corrected chi connectivity index (χ4v) is 1.56. The molecule has 1 atom stereocenters. The van der Waals surface area contributed by atoms with E-state index in [1.54, 1.807) is 38.1 Å². The molecule has 1 rings (SSSR count). The van der Waals surface area contributed by atoms with Crippen LogP contribution in [0.1, 0.15) is 19.4 Å². The zero-order chi connectivity index (χ0) is 14.3. The van der Waals surface area contributed by atoms with Crippen LogP contribution in [-0.2, 0) is 9.53 Å². The molecular formula is C14H14ClNO3. The molecule has 0 aliphatic rings. The first-order valence-corrected chi connectivity index (χ1v) is 6.15. The average Bonchev–Trinajstić information content (AvgIpc) is 2.39. The van der Waals surface area contributed by atoms with Gasteiger partial charge in [0.15, 0.2) is 6.10 Å². The van der Waals surface area contributed by atoms with E-state index in [0.717, 1.165) is 0 Å². The summed E-state index contributed by atoms with van der Waals surface area (Å²) in [7, 11) is 0. The van der Waals surface area contributed by atoms with Gasteiger partial charge in [0.25, 0.3) is 0 Å². The van der Waals surface area contributed by atoms with Crippen LogP contribution in [0.4, 0.5) is 0 Å². The molecule has 0 amide bonds. The molecule has 100 valence electrons. The molecule has 0 saturated heterocycles. The number of esters is 1. The molecule has 0 unspecified atom stereocenters. The van der Waals surface area contributed by atoms with E-state index in [9.17, 15) is 4.79 Å². The lowest BCUT2D eigenvalue weighted by Gasteiger charge is -2.15. The molecular weight excluding hydrogens is 266 g/mol. The molecule has 0 radical (unpaired) electrons. The lowest BCUT2D eigenvalue weighted by molar-refractivity contribution is -0.150. The van der Waals surface area contributed by atoms with Crippen LogP contribution < -0.4 is 4.74 Å². The van der Waals surface area contributed by atoms with Crippen molar-refractivity contribution in [2.75, 3.05) is 6.61 Å². The fourth-order valence-electron chi connectivity index (χ4n) is 1.38. The van der Waals surface area contributed by atoms with Crippen LogP contribution >= 0.6 is 11.6 Å². The number of halogens is 1. The third-order valence-electron chi connectivity index (χ3n) is 2.23. The second kappa shape index (κ2) is 7.45. The Morgan fingerprint density at radius 2 is 2.32 bits per heavy atom. The van der Waals surface area contributed by atoms with Gasteiger partial charge in [0.1, 0.15) is 5.75 Å². The third-order valence-corrected chi connectivity index (χ3v) is 2.47. The minimum Gasteiger partial charge on any atom is -0.478 e. The van der Waals surface area contributed by atoms with Gasteiger partial charge in [0, 0.05) is 16.7 Å². The lowest BCUT2D eigenvalue weighted by Crippen LogP contribution is -2.26. The molecule has 0 heterocycles. The predicted molar refractivity (Wildman–Crippen MR) is 72.8 cm³/mol. The van der Waals surface area contributed by atoms with Crippen molar-refractivity contribution in [2.45, 2.75) is 20.0 Å². The summed E-state index contributed by atoms with van der Waals surface area (Å²) in [6.45, 7) is 3.63. The van der Waals surface area contributed by atoms with Crippen LogP contribution in [0.2, 0.25) is 5.02 Å². The first kappa shape index (κ1) is 15.1. The van der Waals surface area contributed by atoms with Crippen LogP contribution in [0.15, 0.2) is 24.3 Å². The first-order chi connectivity index (χ1) is 9.08. The Bertz CT molecular complexity index is 520. The summed E-state index contributed by atoms with van der Waals surface area (Å²) in [6, 6.07) is 6.84. The van der Waals surface area contributed by atoms with E-state index >= 15 is 0 Å². The number of nitrogens with zero attached hydrogens (tertiary/aromatic N) is 1. The van der Waals surface area contributed by atoms with E-state index in [1.165, 1.54) is 6.08 Å². The maximum Gasteiger partial charge on any atom is 0.347 e. The van der Waals surface area contributed by atoms with Gasteiger partial charge in [-0.05, 0) is 38.1 Å². The Kier molecular flexibility index (Phi) is 5.91. The highest BCUT2D eigenvalue weighted by molar-refractivity contribution is 6.30. The van der Waals surface area contributed by atoms with Crippen molar-refractivity contribution in [3.05, 3.63) is 34.9 Å². The van der Waals surface area contributed by atoms with E-state index < -0.39 is 12.1 Å². The quantitative estimate of drug-likeness (QED) is 0.613. The summed E-state index contributed by atoms with van der Waals surface area (Å²) in [6.07, 6.45) is 2.16. The Hall–Kier alpha value is -1.99. The minimum absolute atomic E-state index is 0.300. The van der Waals surface area contributed by atoms with Crippen molar-refractivity contribution in [2.24, 2.45) is 0 Å². The molecule has 0 saturated carbocycles. The molecule has 0 aliphatic carbocycles. The van der Waals surface area contributed by atoms with Crippen LogP contribution in [0, 0.1) is 11.3 Å². The number of ether oxygens (including phenoxy) is 2. The van der Waals surface area contributed by atoms with Gasteiger partial charge in [-0.3, -0.25) is 0 Å². The van der Waals surface area contributed by atoms with Crippen LogP contribution in [0.3, 0.4) is 0 Å². The molecule has 5 heteroatoms. The van der Waals surface area contributed by atoms with E-state index in [1.807, 2.05) is 6.07 Å². The number of hydrogen-bond acceptors (Lipinski definition) is 4. The van der Waals surface area contributed by atoms with Crippen molar-refractivity contribution in [3.63, 3.8) is 0 Å². The van der Waals surface area contributed by atoms with Gasteiger partial charge in [0.2, 0.25) is 0 Å². The molecule has 1 aromatic rings. The minimum atomic E-state index is -0.727. The molecule has 0 N–H and O–H groups in total. The smallest absolute Gasteiger partial charge is 0.347 e. The monoisotopic (exact) mass is 279 g/mol. The number of hydrogen-bond donors (Lipinski definition) is 0. The third kappa shape index (κ3) is 4.65. The first-order valence-electron chi connectivity index (χ1n) is 5.77. The van der Waals surface area contributed by atoms with Gasteiger partial charge in [0.05, 0.1) is 12.7 Å². The normalized spacial score (nSPS) is 11.9. The van der Waals surface area contributed by atoms with Crippen molar-refractivity contribution in [1.82, 2.24) is 0 Å². The fraction of sp³-hybridized carbons (Fsp3) is 0.286. The Morgan fingerprint density at radius 3 is 2.95 bits per heavy atom. The Balaban J connectivity index is 2.91. The van der Waals surface area contributed by atoms with E-state index in [-0.39, 0.29) is 0 Å². The van der Waals surface area contributed by atoms with Gasteiger partial charge < -0.3 is 9.47 Å². The van der Waals surface area contributed by atoms with Gasteiger partial charge in [-0.25, -0.2) is 4.79 Å². The zero-order valence-electron chi connectivity index (χ0n) is 10.7. The molecule has 0 spiro atoms. The number of nitriles is 1. The van der Waals surface area contributed by atoms with Crippen LogP contribution in [0.25, 0.3) is 6.08 Å². The Morgan fingerprint density at radius 1 is 1.58 bits per heavy atom. The van der Waals surface area contributed by atoms with Crippen LogP contribution in [-0.4, -0.2) is 18.7 Å². The highest BCUT2D eigenvalue weighted by atomic mass is 35.5. The summed E-state index contributed by atoms with van der Waals surface area (Å²) in [5.41, 5.74) is 0.630. The van der Waals surface area contributed by atoms with Gasteiger partial charge in [-0.15, -0.1) is 0 Å². The summed E-state index contributed by atoms with van der Waals surface area (Å²) < 4.78 is 10.4. The van der Waals surface area contributed by atoms with Gasteiger partial charge in [-0.2, -0.15) is 5.26 Å². The number of rotatable bonds is 5. The summed E-state index contributed by atoms with van der Waals surface area (Å²) in [4.78, 5) is 11.5. The zero-order valence-corrected chi connectivity index (χ0v) is 11.5. The molecule has 0 aromatic heterocycles. The maximum absolute atomic E-state index is 11.5. The largest absolute Gasteiger partial charge is 0.478 e. The van der Waals surface area contributed by atoms with E-state index in [0.29, 0.717) is 22.9 Å². The second-order valence-corrected chi connectivity index (χ2v) is 4.09. The summed E-state index contributed by atoms with van der Waals surface area (Å²) in [5.74, 6) is 0.0316. The second-order valence-electron chi connectivity index (χ2n) is 3.66. The highest BCUT2D eigenvalue weighted by Gasteiger charge is 2.16. The molecule has 1 aromatic carbocycles. The van der Waals surface area contributed by atoms with Gasteiger partial charge in [-0.1, -0.05) is 11.6 Å². The molecule has 0 bridgehead atoms. The number of allylic oxidation sites excluding steroid dienone is 1. The number of benzene rings is 1. The summed E-state index contributed by atoms with van der Waals surface area (Å²) >= 11 is 5.88. The van der Waals surface area contributed by atoms with E-state index in [2.05, 4.69) is 0 Å². The average molecular weight is 280 g/mol. The molecule has 19 heavy (non-hydrogen) atoms. The number of carbonyl (C=O) groups excluding carboxylic acids is 1. The maximum atomic E-state index is 11.5. The van der Waals surface area contributed by atoms with Gasteiger partial charge >= 0.3 is 5.97 Å². The van der Waals surface area contributed by atoms with Crippen LogP contribution in [0.5, 0.6) is 5.75 Å². The van der Waals surface area contributed by atoms with E-state index in [4.69, 9.17) is 26.3 Å². The Labute approximate surface area is 117 Å². The standard InChI is InChI=1S/C14H14ClNO3/c1-3-18-14(17)10(2)19-13-7-6-12(15)9-11(13)5-4-8-16/h4-7,9-10H,3H2,1-2H3/b5-4+/t10-/m1/s1. The highest BCUT2D eigenvalue weighted by Crippen LogP contribution is 2.25. The number of carbonyl (C=O) groups is 1. The predicted octanol–water partition coefficient (Wildman–Crippen LogP) is 3.21. The van der Waals surface area contributed by atoms with Crippen molar-refractivity contribution in [1.29, 1.82) is 5.26 Å². The molecule has 0 fully saturated rings. The SMILES string of the molecule is CCOC(=O)[C@@H](C)Oc1ccc(Cl)cc1/C=C/C#N. The summed E-state index contributed by atoms with van der Waals surface area (Å²) in [5, 5.41) is 9.07. The lowest BCUT2D eigenvalue weighted by atomic mass is 10.2. The topological polar surface area (TPSA) is 59.3 Å². The van der Waals surface area contributed by atoms with Crippen molar-refractivity contribution < 1.29 is 14.3 Å². The van der Waals surface area contributed by atoms with Crippen molar-refractivity contribution in [3.8, 4) is 11.8 Å².